The minimum atomic E-state index is -0.905. The van der Waals surface area contributed by atoms with Gasteiger partial charge in [-0.15, -0.1) is 11.8 Å². The molecule has 0 aliphatic heterocycles. The van der Waals surface area contributed by atoms with Crippen LogP contribution in [-0.2, 0) is 16.1 Å². The Balaban J connectivity index is 2.31. The van der Waals surface area contributed by atoms with Gasteiger partial charge in [0.25, 0.3) is 0 Å². The van der Waals surface area contributed by atoms with Gasteiger partial charge in [-0.25, -0.2) is 0 Å². The van der Waals surface area contributed by atoms with Gasteiger partial charge in [-0.3, -0.25) is 9.59 Å². The molecule has 104 valence electrons. The second-order valence-electron chi connectivity index (χ2n) is 4.22. The number of amides is 1. The Hall–Kier alpha value is -1.69. The molecule has 6 heteroatoms. The third kappa shape index (κ3) is 6.15. The number of hydrogen-bond donors (Lipinski definition) is 2. The van der Waals surface area contributed by atoms with Crippen LogP contribution < -0.4 is 10.2 Å². The van der Waals surface area contributed by atoms with Crippen LogP contribution in [0, 0.1) is 0 Å². The van der Waals surface area contributed by atoms with Crippen molar-refractivity contribution in [2.24, 2.45) is 0 Å². The predicted octanol–water partition coefficient (Wildman–Crippen LogP) is 1.19. The fourth-order valence-corrected chi connectivity index (χ4v) is 1.96. The van der Waals surface area contributed by atoms with Crippen LogP contribution >= 0.6 is 11.8 Å². The van der Waals surface area contributed by atoms with E-state index in [0.29, 0.717) is 6.54 Å². The molecule has 0 unspecified atom stereocenters. The maximum absolute atomic E-state index is 11.4. The van der Waals surface area contributed by atoms with Gasteiger partial charge in [-0.05, 0) is 17.7 Å². The average molecular weight is 282 g/mol. The van der Waals surface area contributed by atoms with Gasteiger partial charge in [0.2, 0.25) is 5.91 Å². The lowest BCUT2D eigenvalue weighted by Gasteiger charge is -2.12. The first kappa shape index (κ1) is 15.4. The molecule has 0 fully saturated rings. The molecule has 0 bridgehead atoms. The monoisotopic (exact) mass is 282 g/mol. The molecule has 0 radical (unpaired) electrons. The number of anilines is 1. The summed E-state index contributed by atoms with van der Waals surface area (Å²) in [5, 5.41) is 11.2. The minimum absolute atomic E-state index is 0.0506. The van der Waals surface area contributed by atoms with Gasteiger partial charge >= 0.3 is 5.97 Å². The van der Waals surface area contributed by atoms with Crippen molar-refractivity contribution in [2.45, 2.75) is 6.54 Å². The van der Waals surface area contributed by atoms with Crippen molar-refractivity contribution in [3.63, 3.8) is 0 Å². The van der Waals surface area contributed by atoms with Crippen LogP contribution in [0.2, 0.25) is 0 Å². The molecule has 0 saturated carbocycles. The molecule has 0 atom stereocenters. The molecule has 5 nitrogen and oxygen atoms in total. The average Bonchev–Trinajstić information content (AvgIpc) is 2.36. The predicted molar refractivity (Wildman–Crippen MR) is 77.6 cm³/mol. The molecule has 19 heavy (non-hydrogen) atoms. The summed E-state index contributed by atoms with van der Waals surface area (Å²) in [6.07, 6.45) is 0. The largest absolute Gasteiger partial charge is 0.481 e. The Morgan fingerprint density at radius 1 is 1.21 bits per heavy atom. The zero-order chi connectivity index (χ0) is 14.3. The number of carboxylic acid groups (broad SMARTS) is 1. The lowest BCUT2D eigenvalue weighted by atomic mass is 10.2. The maximum atomic E-state index is 11.4. The van der Waals surface area contributed by atoms with Crippen molar-refractivity contribution < 1.29 is 14.7 Å². The lowest BCUT2D eigenvalue weighted by Crippen LogP contribution is -2.25. The van der Waals surface area contributed by atoms with E-state index in [1.165, 1.54) is 0 Å². The first-order valence-corrected chi connectivity index (χ1v) is 6.97. The van der Waals surface area contributed by atoms with Crippen molar-refractivity contribution in [1.29, 1.82) is 0 Å². The second kappa shape index (κ2) is 7.68. The number of thioether (sulfide) groups is 1. The number of carbonyl (C=O) groups is 2. The molecular formula is C13H18N2O3S. The van der Waals surface area contributed by atoms with Crippen LogP contribution in [0.15, 0.2) is 24.3 Å². The molecule has 0 spiro atoms. The fourth-order valence-electron chi connectivity index (χ4n) is 1.39. The van der Waals surface area contributed by atoms with Gasteiger partial charge in [-0.1, -0.05) is 12.1 Å². The van der Waals surface area contributed by atoms with E-state index in [1.54, 1.807) is 0 Å². The van der Waals surface area contributed by atoms with Crippen molar-refractivity contribution in [1.82, 2.24) is 5.32 Å². The van der Waals surface area contributed by atoms with Gasteiger partial charge in [-0.2, -0.15) is 0 Å². The van der Waals surface area contributed by atoms with Crippen LogP contribution in [-0.4, -0.2) is 42.6 Å². The quantitative estimate of drug-likeness (QED) is 0.786. The molecule has 0 heterocycles. The number of benzene rings is 1. The maximum Gasteiger partial charge on any atom is 0.313 e. The number of nitrogens with zero attached hydrogens (tertiary/aromatic N) is 1. The molecule has 0 saturated heterocycles. The van der Waals surface area contributed by atoms with Gasteiger partial charge in [0.15, 0.2) is 0 Å². The molecule has 0 aliphatic carbocycles. The van der Waals surface area contributed by atoms with Crippen molar-refractivity contribution in [3.8, 4) is 0 Å². The van der Waals surface area contributed by atoms with E-state index >= 15 is 0 Å². The van der Waals surface area contributed by atoms with Crippen molar-refractivity contribution >= 4 is 29.3 Å². The molecule has 1 aromatic carbocycles. The van der Waals surface area contributed by atoms with Crippen molar-refractivity contribution in [3.05, 3.63) is 29.8 Å². The Labute approximate surface area is 117 Å². The highest BCUT2D eigenvalue weighted by Crippen LogP contribution is 2.12. The third-order valence-corrected chi connectivity index (χ3v) is 3.32. The van der Waals surface area contributed by atoms with Gasteiger partial charge in [0, 0.05) is 26.3 Å². The highest BCUT2D eigenvalue weighted by Gasteiger charge is 2.04. The lowest BCUT2D eigenvalue weighted by molar-refractivity contribution is -0.133. The van der Waals surface area contributed by atoms with E-state index in [9.17, 15) is 9.59 Å². The summed E-state index contributed by atoms with van der Waals surface area (Å²) in [6, 6.07) is 7.89. The van der Waals surface area contributed by atoms with Crippen LogP contribution in [0.5, 0.6) is 0 Å². The summed E-state index contributed by atoms with van der Waals surface area (Å²) < 4.78 is 0. The molecule has 2 N–H and O–H groups in total. The summed E-state index contributed by atoms with van der Waals surface area (Å²) in [4.78, 5) is 23.7. The first-order valence-electron chi connectivity index (χ1n) is 5.81. The highest BCUT2D eigenvalue weighted by atomic mass is 32.2. The third-order valence-electron chi connectivity index (χ3n) is 2.40. The Morgan fingerprint density at radius 3 is 2.37 bits per heavy atom. The first-order chi connectivity index (χ1) is 8.99. The minimum Gasteiger partial charge on any atom is -0.481 e. The highest BCUT2D eigenvalue weighted by molar-refractivity contribution is 8.00. The van der Waals surface area contributed by atoms with Crippen LogP contribution in [0.1, 0.15) is 5.56 Å². The standard InChI is InChI=1S/C13H18N2O3S/c1-15(2)11-5-3-10(4-6-11)7-14-12(16)8-19-9-13(17)18/h3-6H,7-9H2,1-2H3,(H,14,16)(H,17,18). The topological polar surface area (TPSA) is 69.6 Å². The molecule has 0 aliphatic rings. The van der Waals surface area contributed by atoms with Gasteiger partial charge < -0.3 is 15.3 Å². The molecule has 0 aromatic heterocycles. The summed E-state index contributed by atoms with van der Waals surface area (Å²) in [5.41, 5.74) is 2.12. The Kier molecular flexibility index (Phi) is 6.21. The van der Waals surface area contributed by atoms with E-state index in [0.717, 1.165) is 23.0 Å². The smallest absolute Gasteiger partial charge is 0.313 e. The normalized spacial score (nSPS) is 10.0. The van der Waals surface area contributed by atoms with E-state index in [-0.39, 0.29) is 17.4 Å². The molecule has 1 aromatic rings. The number of hydrogen-bond acceptors (Lipinski definition) is 4. The van der Waals surface area contributed by atoms with Crippen molar-refractivity contribution in [2.75, 3.05) is 30.5 Å². The molecule has 1 amide bonds. The second-order valence-corrected chi connectivity index (χ2v) is 5.21. The summed E-state index contributed by atoms with van der Waals surface area (Å²) in [5.74, 6) is -0.937. The molecular weight excluding hydrogens is 264 g/mol. The summed E-state index contributed by atoms with van der Waals surface area (Å²) in [6.45, 7) is 0.459. The van der Waals surface area contributed by atoms with E-state index in [2.05, 4.69) is 5.32 Å². The zero-order valence-electron chi connectivity index (χ0n) is 11.0. The van der Waals surface area contributed by atoms with Gasteiger partial charge in [0.05, 0.1) is 11.5 Å². The Bertz CT molecular complexity index is 432. The summed E-state index contributed by atoms with van der Waals surface area (Å²) >= 11 is 1.09. The zero-order valence-corrected chi connectivity index (χ0v) is 11.9. The fraction of sp³-hybridized carbons (Fsp3) is 0.385. The number of carbonyl (C=O) groups excluding carboxylic acids is 1. The van der Waals surface area contributed by atoms with Crippen LogP contribution in [0.4, 0.5) is 5.69 Å². The number of carboxylic acids is 1. The van der Waals surface area contributed by atoms with Crippen LogP contribution in [0.3, 0.4) is 0 Å². The van der Waals surface area contributed by atoms with E-state index < -0.39 is 5.97 Å². The SMILES string of the molecule is CN(C)c1ccc(CNC(=O)CSCC(=O)O)cc1. The van der Waals surface area contributed by atoms with E-state index in [4.69, 9.17) is 5.11 Å². The number of rotatable bonds is 7. The van der Waals surface area contributed by atoms with Gasteiger partial charge in [0.1, 0.15) is 0 Å². The number of nitrogens with one attached hydrogen (secondary N) is 1. The summed E-state index contributed by atoms with van der Waals surface area (Å²) in [7, 11) is 3.94. The van der Waals surface area contributed by atoms with E-state index in [1.807, 2.05) is 43.3 Å². The molecule has 1 rings (SSSR count). The van der Waals surface area contributed by atoms with Crippen LogP contribution in [0.25, 0.3) is 0 Å². The Morgan fingerprint density at radius 2 is 1.84 bits per heavy atom. The number of aliphatic carboxylic acids is 1.